The fraction of sp³-hybridized carbons (Fsp3) is 0.240. The Kier molecular flexibility index (Phi) is 8.09. The van der Waals surface area contributed by atoms with Crippen molar-refractivity contribution in [2.45, 2.75) is 33.5 Å². The van der Waals surface area contributed by atoms with E-state index in [9.17, 15) is 4.79 Å². The van der Waals surface area contributed by atoms with E-state index in [0.717, 1.165) is 21.2 Å². The van der Waals surface area contributed by atoms with Crippen LogP contribution in [0, 0.1) is 6.92 Å². The van der Waals surface area contributed by atoms with Crippen molar-refractivity contribution < 1.29 is 19.4 Å². The summed E-state index contributed by atoms with van der Waals surface area (Å²) in [7, 11) is 0. The molecule has 6 heteroatoms. The van der Waals surface area contributed by atoms with Crippen LogP contribution in [0.3, 0.4) is 0 Å². The summed E-state index contributed by atoms with van der Waals surface area (Å²) in [4.78, 5) is 11.0. The summed E-state index contributed by atoms with van der Waals surface area (Å²) >= 11 is 3.64. The molecule has 0 aliphatic rings. The molecule has 0 fully saturated rings. The molecule has 3 aromatic rings. The summed E-state index contributed by atoms with van der Waals surface area (Å²) in [5, 5.41) is 12.4. The Hall–Kier alpha value is -2.83. The fourth-order valence-electron chi connectivity index (χ4n) is 3.16. The van der Waals surface area contributed by atoms with Crippen molar-refractivity contribution >= 4 is 21.9 Å². The van der Waals surface area contributed by atoms with E-state index in [1.54, 1.807) is 12.1 Å². The lowest BCUT2D eigenvalue weighted by Crippen LogP contribution is -2.13. The van der Waals surface area contributed by atoms with Gasteiger partial charge in [-0.2, -0.15) is 0 Å². The molecule has 0 radical (unpaired) electrons. The van der Waals surface area contributed by atoms with Crippen LogP contribution in [-0.4, -0.2) is 17.7 Å². The van der Waals surface area contributed by atoms with E-state index >= 15 is 0 Å². The molecule has 0 aliphatic carbocycles. The smallest absolute Gasteiger partial charge is 0.335 e. The summed E-state index contributed by atoms with van der Waals surface area (Å²) in [5.74, 6) is 0.487. The molecule has 3 aromatic carbocycles. The van der Waals surface area contributed by atoms with E-state index in [0.29, 0.717) is 37.8 Å². The first kappa shape index (κ1) is 22.8. The number of carboxylic acid groups (broad SMARTS) is 1. The second-order valence-corrected chi connectivity index (χ2v) is 8.06. The van der Waals surface area contributed by atoms with E-state index in [2.05, 4.69) is 40.3 Å². The second-order valence-electron chi connectivity index (χ2n) is 7.21. The molecule has 0 atom stereocenters. The lowest BCUT2D eigenvalue weighted by molar-refractivity contribution is 0.0697. The quantitative estimate of drug-likeness (QED) is 0.385. The highest BCUT2D eigenvalue weighted by Crippen LogP contribution is 2.34. The maximum Gasteiger partial charge on any atom is 0.335 e. The fourth-order valence-corrected chi connectivity index (χ4v) is 3.63. The molecule has 162 valence electrons. The van der Waals surface area contributed by atoms with Crippen molar-refractivity contribution in [3.8, 4) is 11.5 Å². The van der Waals surface area contributed by atoms with Crippen molar-refractivity contribution in [1.82, 2.24) is 5.32 Å². The summed E-state index contributed by atoms with van der Waals surface area (Å²) in [5.41, 5.74) is 4.66. The zero-order valence-electron chi connectivity index (χ0n) is 17.7. The maximum atomic E-state index is 11.0. The summed E-state index contributed by atoms with van der Waals surface area (Å²) in [6.07, 6.45) is 0. The van der Waals surface area contributed by atoms with E-state index in [1.807, 2.05) is 43.3 Å². The Bertz CT molecular complexity index is 1030. The highest BCUT2D eigenvalue weighted by atomic mass is 79.9. The Balaban J connectivity index is 1.65. The van der Waals surface area contributed by atoms with Crippen molar-refractivity contribution in [3.63, 3.8) is 0 Å². The second kappa shape index (κ2) is 11.0. The van der Waals surface area contributed by atoms with Gasteiger partial charge in [-0.25, -0.2) is 4.79 Å². The van der Waals surface area contributed by atoms with Gasteiger partial charge in [-0.15, -0.1) is 0 Å². The van der Waals surface area contributed by atoms with Gasteiger partial charge >= 0.3 is 5.97 Å². The van der Waals surface area contributed by atoms with Gasteiger partial charge in [0.2, 0.25) is 0 Å². The van der Waals surface area contributed by atoms with Crippen LogP contribution in [0.2, 0.25) is 0 Å². The standard InChI is InChI=1S/C25H26BrNO4/c1-3-30-23-12-21(15-27-14-18-7-9-20(10-8-18)25(28)29)22(26)13-24(23)31-16-19-6-4-5-17(2)11-19/h4-13,27H,3,14-16H2,1-2H3,(H,28,29). The number of hydrogen-bond acceptors (Lipinski definition) is 4. The van der Waals surface area contributed by atoms with Gasteiger partial charge in [0.1, 0.15) is 6.61 Å². The van der Waals surface area contributed by atoms with Gasteiger partial charge in [0, 0.05) is 17.6 Å². The normalized spacial score (nSPS) is 10.7. The first-order chi connectivity index (χ1) is 15.0. The van der Waals surface area contributed by atoms with Crippen LogP contribution < -0.4 is 14.8 Å². The van der Waals surface area contributed by atoms with Crippen molar-refractivity contribution in [2.24, 2.45) is 0 Å². The van der Waals surface area contributed by atoms with E-state index in [4.69, 9.17) is 14.6 Å². The van der Waals surface area contributed by atoms with Crippen LogP contribution in [-0.2, 0) is 19.7 Å². The van der Waals surface area contributed by atoms with Crippen LogP contribution in [0.5, 0.6) is 11.5 Å². The molecule has 0 saturated heterocycles. The van der Waals surface area contributed by atoms with Gasteiger partial charge in [0.15, 0.2) is 11.5 Å². The minimum Gasteiger partial charge on any atom is -0.490 e. The molecule has 2 N–H and O–H groups in total. The SMILES string of the molecule is CCOc1cc(CNCc2ccc(C(=O)O)cc2)c(Br)cc1OCc1cccc(C)c1. The van der Waals surface area contributed by atoms with Crippen LogP contribution >= 0.6 is 15.9 Å². The topological polar surface area (TPSA) is 67.8 Å². The van der Waals surface area contributed by atoms with Crippen LogP contribution in [0.15, 0.2) is 65.1 Å². The number of hydrogen-bond donors (Lipinski definition) is 2. The molecule has 0 unspecified atom stereocenters. The first-order valence-electron chi connectivity index (χ1n) is 10.1. The number of carboxylic acids is 1. The first-order valence-corrected chi connectivity index (χ1v) is 10.9. The largest absolute Gasteiger partial charge is 0.490 e. The summed E-state index contributed by atoms with van der Waals surface area (Å²) < 4.78 is 12.8. The molecular formula is C25H26BrNO4. The molecule has 0 spiro atoms. The lowest BCUT2D eigenvalue weighted by Gasteiger charge is -2.16. The summed E-state index contributed by atoms with van der Waals surface area (Å²) in [6.45, 7) is 6.28. The van der Waals surface area contributed by atoms with Crippen LogP contribution in [0.25, 0.3) is 0 Å². The zero-order valence-corrected chi connectivity index (χ0v) is 19.2. The Morgan fingerprint density at radius 3 is 2.39 bits per heavy atom. The zero-order chi connectivity index (χ0) is 22.2. The van der Waals surface area contributed by atoms with Crippen molar-refractivity contribution in [2.75, 3.05) is 6.61 Å². The Morgan fingerprint density at radius 1 is 0.968 bits per heavy atom. The number of rotatable bonds is 10. The average Bonchev–Trinajstić information content (AvgIpc) is 2.75. The van der Waals surface area contributed by atoms with Crippen molar-refractivity contribution in [1.29, 1.82) is 0 Å². The van der Waals surface area contributed by atoms with E-state index in [-0.39, 0.29) is 5.56 Å². The average molecular weight is 484 g/mol. The van der Waals surface area contributed by atoms with E-state index < -0.39 is 5.97 Å². The molecular weight excluding hydrogens is 458 g/mol. The molecule has 0 aliphatic heterocycles. The van der Waals surface area contributed by atoms with E-state index in [1.165, 1.54) is 5.56 Å². The van der Waals surface area contributed by atoms with Gasteiger partial charge in [0.05, 0.1) is 12.2 Å². The van der Waals surface area contributed by atoms with Crippen LogP contribution in [0.4, 0.5) is 0 Å². The number of benzene rings is 3. The molecule has 0 amide bonds. The van der Waals surface area contributed by atoms with Gasteiger partial charge < -0.3 is 19.9 Å². The number of aryl methyl sites for hydroxylation is 1. The Labute approximate surface area is 191 Å². The number of nitrogens with one attached hydrogen (secondary N) is 1. The predicted octanol–water partition coefficient (Wildman–Crippen LogP) is 5.72. The highest BCUT2D eigenvalue weighted by molar-refractivity contribution is 9.10. The van der Waals surface area contributed by atoms with Gasteiger partial charge in [-0.1, -0.05) is 57.9 Å². The Morgan fingerprint density at radius 2 is 1.71 bits per heavy atom. The minimum atomic E-state index is -0.920. The third-order valence-corrected chi connectivity index (χ3v) is 5.47. The molecule has 31 heavy (non-hydrogen) atoms. The minimum absolute atomic E-state index is 0.286. The molecule has 0 heterocycles. The number of aromatic carboxylic acids is 1. The highest BCUT2D eigenvalue weighted by Gasteiger charge is 2.12. The third kappa shape index (κ3) is 6.57. The van der Waals surface area contributed by atoms with Gasteiger partial charge in [-0.3, -0.25) is 0 Å². The molecule has 3 rings (SSSR count). The number of carbonyl (C=O) groups is 1. The van der Waals surface area contributed by atoms with Crippen LogP contribution in [0.1, 0.15) is 39.5 Å². The third-order valence-electron chi connectivity index (χ3n) is 4.73. The number of halogens is 1. The predicted molar refractivity (Wildman–Crippen MR) is 125 cm³/mol. The van der Waals surface area contributed by atoms with Gasteiger partial charge in [0.25, 0.3) is 0 Å². The van der Waals surface area contributed by atoms with Gasteiger partial charge in [-0.05, 0) is 54.8 Å². The molecule has 5 nitrogen and oxygen atoms in total. The molecule has 0 saturated carbocycles. The maximum absolute atomic E-state index is 11.0. The monoisotopic (exact) mass is 483 g/mol. The summed E-state index contributed by atoms with van der Waals surface area (Å²) in [6, 6.07) is 19.0. The van der Waals surface area contributed by atoms with Crippen molar-refractivity contribution in [3.05, 3.63) is 93.0 Å². The number of ether oxygens (including phenoxy) is 2. The molecule has 0 bridgehead atoms. The lowest BCUT2D eigenvalue weighted by atomic mass is 10.1. The molecule has 0 aromatic heterocycles.